The molecule has 0 aliphatic carbocycles. The van der Waals surface area contributed by atoms with Crippen LogP contribution in [-0.2, 0) is 4.79 Å². The number of anilines is 1. The Hall–Kier alpha value is -3.13. The molecule has 0 bridgehead atoms. The number of carbonyl (C=O) groups excluding carboxylic acids is 2. The first-order valence-corrected chi connectivity index (χ1v) is 8.18. The van der Waals surface area contributed by atoms with Crippen LogP contribution in [0.15, 0.2) is 48.5 Å². The second kappa shape index (κ2) is 6.78. The van der Waals surface area contributed by atoms with Gasteiger partial charge < -0.3 is 9.80 Å². The Morgan fingerprint density at radius 2 is 1.92 bits per heavy atom. The van der Waals surface area contributed by atoms with Gasteiger partial charge in [0.2, 0.25) is 5.91 Å². The minimum absolute atomic E-state index is 0.0495. The van der Waals surface area contributed by atoms with Crippen LogP contribution >= 0.6 is 0 Å². The fourth-order valence-electron chi connectivity index (χ4n) is 3.02. The van der Waals surface area contributed by atoms with Crippen LogP contribution in [0, 0.1) is 18.3 Å². The summed E-state index contributed by atoms with van der Waals surface area (Å²) in [4.78, 5) is 28.6. The summed E-state index contributed by atoms with van der Waals surface area (Å²) in [7, 11) is 0. The molecular formula is C20H19N3O2. The third kappa shape index (κ3) is 3.38. The van der Waals surface area contributed by atoms with Crippen molar-refractivity contribution in [1.29, 1.82) is 5.26 Å². The summed E-state index contributed by atoms with van der Waals surface area (Å²) in [6, 6.07) is 16.2. The topological polar surface area (TPSA) is 64.4 Å². The molecule has 0 N–H and O–H groups in total. The molecule has 1 heterocycles. The number of hydrogen-bond donors (Lipinski definition) is 0. The van der Waals surface area contributed by atoms with Crippen LogP contribution in [0.2, 0.25) is 0 Å². The van der Waals surface area contributed by atoms with Crippen molar-refractivity contribution in [2.45, 2.75) is 19.9 Å². The number of hydrogen-bond acceptors (Lipinski definition) is 3. The van der Waals surface area contributed by atoms with Crippen LogP contribution in [-0.4, -0.2) is 35.8 Å². The van der Waals surface area contributed by atoms with Crippen LogP contribution in [0.5, 0.6) is 0 Å². The summed E-state index contributed by atoms with van der Waals surface area (Å²) >= 11 is 0. The molecule has 2 aromatic rings. The molecule has 3 rings (SSSR count). The molecule has 1 unspecified atom stereocenters. The third-order valence-corrected chi connectivity index (χ3v) is 4.42. The van der Waals surface area contributed by atoms with Gasteiger partial charge in [-0.2, -0.15) is 5.26 Å². The minimum Gasteiger partial charge on any atom is -0.325 e. The monoisotopic (exact) mass is 333 g/mol. The molecule has 5 nitrogen and oxygen atoms in total. The van der Waals surface area contributed by atoms with E-state index >= 15 is 0 Å². The van der Waals surface area contributed by atoms with Gasteiger partial charge in [0.15, 0.2) is 0 Å². The number of nitriles is 1. The summed E-state index contributed by atoms with van der Waals surface area (Å²) in [5.74, 6) is -0.278. The third-order valence-electron chi connectivity index (χ3n) is 4.42. The Labute approximate surface area is 147 Å². The van der Waals surface area contributed by atoms with Gasteiger partial charge >= 0.3 is 0 Å². The molecule has 2 aromatic carbocycles. The van der Waals surface area contributed by atoms with E-state index in [0.717, 1.165) is 11.3 Å². The van der Waals surface area contributed by atoms with E-state index in [1.807, 2.05) is 44.2 Å². The number of carbonyl (C=O) groups is 2. The van der Waals surface area contributed by atoms with Crippen molar-refractivity contribution >= 4 is 17.5 Å². The van der Waals surface area contributed by atoms with Gasteiger partial charge in [-0.1, -0.05) is 12.1 Å². The van der Waals surface area contributed by atoms with E-state index in [1.165, 1.54) is 0 Å². The first kappa shape index (κ1) is 16.7. The van der Waals surface area contributed by atoms with Gasteiger partial charge in [0.25, 0.3) is 5.91 Å². The van der Waals surface area contributed by atoms with E-state index in [4.69, 9.17) is 5.26 Å². The highest BCUT2D eigenvalue weighted by molar-refractivity contribution is 6.02. The fraction of sp³-hybridized carbons (Fsp3) is 0.250. The van der Waals surface area contributed by atoms with Crippen LogP contribution in [0.4, 0.5) is 5.69 Å². The number of nitrogens with zero attached hydrogens (tertiary/aromatic N) is 3. The fourth-order valence-corrected chi connectivity index (χ4v) is 3.02. The predicted octanol–water partition coefficient (Wildman–Crippen LogP) is 2.74. The Morgan fingerprint density at radius 3 is 2.56 bits per heavy atom. The first-order valence-electron chi connectivity index (χ1n) is 8.18. The Bertz CT molecular complexity index is 852. The van der Waals surface area contributed by atoms with Gasteiger partial charge in [0, 0.05) is 23.8 Å². The van der Waals surface area contributed by atoms with Crippen LogP contribution in [0.25, 0.3) is 0 Å². The van der Waals surface area contributed by atoms with Crippen molar-refractivity contribution < 1.29 is 9.59 Å². The Morgan fingerprint density at radius 1 is 1.20 bits per heavy atom. The molecule has 2 amide bonds. The molecule has 0 radical (unpaired) electrons. The van der Waals surface area contributed by atoms with Gasteiger partial charge in [0.05, 0.1) is 11.6 Å². The van der Waals surface area contributed by atoms with E-state index in [9.17, 15) is 9.59 Å². The number of piperazine rings is 1. The van der Waals surface area contributed by atoms with Gasteiger partial charge in [-0.3, -0.25) is 9.59 Å². The van der Waals surface area contributed by atoms with Crippen molar-refractivity contribution in [1.82, 2.24) is 4.90 Å². The van der Waals surface area contributed by atoms with Crippen molar-refractivity contribution in [3.8, 4) is 6.07 Å². The maximum Gasteiger partial charge on any atom is 0.254 e. The lowest BCUT2D eigenvalue weighted by atomic mass is 10.1. The number of amides is 2. The molecule has 126 valence electrons. The quantitative estimate of drug-likeness (QED) is 0.849. The smallest absolute Gasteiger partial charge is 0.254 e. The van der Waals surface area contributed by atoms with E-state index in [-0.39, 0.29) is 24.4 Å². The molecule has 25 heavy (non-hydrogen) atoms. The predicted molar refractivity (Wildman–Crippen MR) is 95.2 cm³/mol. The van der Waals surface area contributed by atoms with Gasteiger partial charge in [0.1, 0.15) is 6.54 Å². The van der Waals surface area contributed by atoms with Crippen molar-refractivity contribution in [2.24, 2.45) is 0 Å². The Balaban J connectivity index is 1.78. The molecule has 0 aromatic heterocycles. The average molecular weight is 333 g/mol. The highest BCUT2D eigenvalue weighted by Gasteiger charge is 2.33. The second-order valence-electron chi connectivity index (χ2n) is 6.31. The lowest BCUT2D eigenvalue weighted by molar-refractivity contribution is -0.121. The summed E-state index contributed by atoms with van der Waals surface area (Å²) < 4.78 is 0. The van der Waals surface area contributed by atoms with E-state index in [0.29, 0.717) is 17.7 Å². The maximum absolute atomic E-state index is 12.7. The van der Waals surface area contributed by atoms with E-state index in [2.05, 4.69) is 0 Å². The van der Waals surface area contributed by atoms with E-state index in [1.54, 1.807) is 34.1 Å². The van der Waals surface area contributed by atoms with Crippen LogP contribution < -0.4 is 4.90 Å². The summed E-state index contributed by atoms with van der Waals surface area (Å²) in [6.45, 7) is 4.44. The van der Waals surface area contributed by atoms with Crippen LogP contribution in [0.1, 0.15) is 28.4 Å². The lowest BCUT2D eigenvalue weighted by Crippen LogP contribution is -2.57. The summed E-state index contributed by atoms with van der Waals surface area (Å²) in [5, 5.41) is 8.85. The maximum atomic E-state index is 12.7. The molecule has 1 aliphatic heterocycles. The molecular weight excluding hydrogens is 314 g/mol. The standard InChI is InChI=1S/C20H19N3O2/c1-14-4-3-5-18(10-14)23-12-15(2)22(13-19(23)24)20(25)17-8-6-16(11-21)7-9-17/h3-10,15H,12-13H2,1-2H3. The highest BCUT2D eigenvalue weighted by Crippen LogP contribution is 2.22. The van der Waals surface area contributed by atoms with Gasteiger partial charge in [-0.25, -0.2) is 0 Å². The molecule has 1 saturated heterocycles. The van der Waals surface area contributed by atoms with Gasteiger partial charge in [-0.05, 0) is 55.8 Å². The number of aryl methyl sites for hydroxylation is 1. The normalized spacial score (nSPS) is 17.3. The minimum atomic E-state index is -0.186. The average Bonchev–Trinajstić information content (AvgIpc) is 2.63. The Kier molecular flexibility index (Phi) is 4.53. The van der Waals surface area contributed by atoms with Crippen molar-refractivity contribution in [2.75, 3.05) is 18.0 Å². The van der Waals surface area contributed by atoms with E-state index < -0.39 is 0 Å². The zero-order valence-corrected chi connectivity index (χ0v) is 14.3. The van der Waals surface area contributed by atoms with Crippen molar-refractivity contribution in [3.05, 3.63) is 65.2 Å². The lowest BCUT2D eigenvalue weighted by Gasteiger charge is -2.39. The van der Waals surface area contributed by atoms with Crippen molar-refractivity contribution in [3.63, 3.8) is 0 Å². The molecule has 1 atom stereocenters. The number of benzene rings is 2. The zero-order valence-electron chi connectivity index (χ0n) is 14.3. The first-order chi connectivity index (χ1) is 12.0. The highest BCUT2D eigenvalue weighted by atomic mass is 16.2. The molecule has 0 spiro atoms. The summed E-state index contributed by atoms with van der Waals surface area (Å²) in [5.41, 5.74) is 2.95. The molecule has 1 aliphatic rings. The SMILES string of the molecule is Cc1cccc(N2CC(C)N(C(=O)c3ccc(C#N)cc3)CC2=O)c1. The van der Waals surface area contributed by atoms with Crippen LogP contribution in [0.3, 0.4) is 0 Å². The number of rotatable bonds is 2. The molecule has 5 heteroatoms. The zero-order chi connectivity index (χ0) is 18.0. The van der Waals surface area contributed by atoms with Gasteiger partial charge in [-0.15, -0.1) is 0 Å². The molecule has 1 fully saturated rings. The summed E-state index contributed by atoms with van der Waals surface area (Å²) in [6.07, 6.45) is 0. The molecule has 0 saturated carbocycles. The second-order valence-corrected chi connectivity index (χ2v) is 6.31. The largest absolute Gasteiger partial charge is 0.325 e.